The average molecular weight is 398 g/mol. The summed E-state index contributed by atoms with van der Waals surface area (Å²) in [5.41, 5.74) is -3.33. The van der Waals surface area contributed by atoms with Crippen LogP contribution in [0.2, 0.25) is 0 Å². The van der Waals surface area contributed by atoms with Gasteiger partial charge in [0.1, 0.15) is 12.3 Å². The fraction of sp³-hybridized carbons (Fsp3) is 0.222. The zero-order valence-electron chi connectivity index (χ0n) is 14.3. The molecular formula is C18H17F3N2O3S. The lowest BCUT2D eigenvalue weighted by Gasteiger charge is -2.09. The highest BCUT2D eigenvalue weighted by Gasteiger charge is 2.28. The van der Waals surface area contributed by atoms with Gasteiger partial charge in [0, 0.05) is 24.3 Å². The van der Waals surface area contributed by atoms with Crippen molar-refractivity contribution in [1.82, 2.24) is 4.98 Å². The molecule has 0 saturated carbocycles. The van der Waals surface area contributed by atoms with E-state index < -0.39 is 11.4 Å². The Hall–Kier alpha value is -2.52. The summed E-state index contributed by atoms with van der Waals surface area (Å²) in [4.78, 5) is 16.2. The molecule has 1 aromatic carbocycles. The van der Waals surface area contributed by atoms with E-state index in [1.54, 1.807) is 19.2 Å². The number of carbonyl (C=O) groups excluding carboxylic acids is 1. The molecule has 144 valence electrons. The van der Waals surface area contributed by atoms with Crippen LogP contribution in [-0.2, 0) is 9.53 Å². The molecule has 1 heterocycles. The molecule has 5 nitrogen and oxygen atoms in total. The molecule has 1 N–H and O–H groups in total. The van der Waals surface area contributed by atoms with E-state index in [9.17, 15) is 18.0 Å². The minimum absolute atomic E-state index is 0.0808. The summed E-state index contributed by atoms with van der Waals surface area (Å²) >= 11 is -0.188. The Morgan fingerprint density at radius 1 is 1.22 bits per heavy atom. The maximum atomic E-state index is 12.3. The number of ether oxygens (including phenoxy) is 2. The molecule has 0 bridgehead atoms. The summed E-state index contributed by atoms with van der Waals surface area (Å²) in [6, 6.07) is 8.99. The number of nitrogens with one attached hydrogen (secondary N) is 1. The van der Waals surface area contributed by atoms with E-state index in [2.05, 4.69) is 10.3 Å². The number of nitrogens with zero attached hydrogens (tertiary/aromatic N) is 1. The number of hydrogen-bond donors (Lipinski definition) is 1. The molecule has 0 atom stereocenters. The number of carbonyl (C=O) groups is 1. The molecule has 2 aromatic rings. The summed E-state index contributed by atoms with van der Waals surface area (Å²) in [5, 5.41) is 2.64. The first-order valence-corrected chi connectivity index (χ1v) is 8.60. The van der Waals surface area contributed by atoms with Gasteiger partial charge in [-0.2, -0.15) is 13.2 Å². The summed E-state index contributed by atoms with van der Waals surface area (Å²) in [5.74, 6) is -0.154. The number of benzene rings is 1. The number of thioether (sulfide) groups is 1. The van der Waals surface area contributed by atoms with Gasteiger partial charge in [-0.3, -0.25) is 4.79 Å². The van der Waals surface area contributed by atoms with Gasteiger partial charge in [-0.1, -0.05) is 12.1 Å². The van der Waals surface area contributed by atoms with E-state index >= 15 is 0 Å². The number of hydrogen-bond acceptors (Lipinski definition) is 5. The number of amides is 1. The zero-order valence-corrected chi connectivity index (χ0v) is 15.1. The molecule has 0 aliphatic carbocycles. The largest absolute Gasteiger partial charge is 0.474 e. The summed E-state index contributed by atoms with van der Waals surface area (Å²) in [7, 11) is 1.55. The standard InChI is InChI=1S/C18H17F3N2O3S/c1-25-11-12-26-17-15(3-2-10-22-17)23-16(24)9-6-13-4-7-14(8-5-13)27-18(19,20)21/h2-10H,11-12H2,1H3,(H,23,24)/b9-6+. The SMILES string of the molecule is COCCOc1ncccc1NC(=O)/C=C/c1ccc(SC(F)(F)F)cc1. The van der Waals surface area contributed by atoms with E-state index in [0.29, 0.717) is 17.9 Å². The van der Waals surface area contributed by atoms with Gasteiger partial charge < -0.3 is 14.8 Å². The lowest BCUT2D eigenvalue weighted by Crippen LogP contribution is -2.12. The van der Waals surface area contributed by atoms with Crippen molar-refractivity contribution in [2.24, 2.45) is 0 Å². The molecule has 0 aliphatic rings. The van der Waals surface area contributed by atoms with Crippen molar-refractivity contribution in [2.75, 3.05) is 25.6 Å². The number of alkyl halides is 3. The summed E-state index contributed by atoms with van der Waals surface area (Å²) in [6.07, 6.45) is 4.31. The van der Waals surface area contributed by atoms with Gasteiger partial charge in [0.25, 0.3) is 0 Å². The monoisotopic (exact) mass is 398 g/mol. The van der Waals surface area contributed by atoms with E-state index in [1.165, 1.54) is 42.6 Å². The Balaban J connectivity index is 1.95. The second-order valence-electron chi connectivity index (χ2n) is 5.14. The average Bonchev–Trinajstić information content (AvgIpc) is 2.61. The van der Waals surface area contributed by atoms with E-state index in [0.717, 1.165) is 0 Å². The van der Waals surface area contributed by atoms with Crippen LogP contribution in [0, 0.1) is 0 Å². The van der Waals surface area contributed by atoms with Crippen LogP contribution in [0.15, 0.2) is 53.6 Å². The summed E-state index contributed by atoms with van der Waals surface area (Å²) < 4.78 is 47.2. The Bertz CT molecular complexity index is 780. The topological polar surface area (TPSA) is 60.5 Å². The lowest BCUT2D eigenvalue weighted by molar-refractivity contribution is -0.111. The van der Waals surface area contributed by atoms with Gasteiger partial charge in [0.15, 0.2) is 0 Å². The highest BCUT2D eigenvalue weighted by Crippen LogP contribution is 2.36. The third-order valence-corrected chi connectivity index (χ3v) is 3.84. The van der Waals surface area contributed by atoms with Gasteiger partial charge >= 0.3 is 5.51 Å². The molecule has 1 aromatic heterocycles. The maximum Gasteiger partial charge on any atom is 0.446 e. The second kappa shape index (κ2) is 9.98. The predicted octanol–water partition coefficient (Wildman–Crippen LogP) is 4.37. The molecule has 0 unspecified atom stereocenters. The van der Waals surface area contributed by atoms with Crippen molar-refractivity contribution in [2.45, 2.75) is 10.4 Å². The molecule has 0 spiro atoms. The fourth-order valence-electron chi connectivity index (χ4n) is 1.95. The van der Waals surface area contributed by atoms with Crippen LogP contribution in [0.25, 0.3) is 6.08 Å². The van der Waals surface area contributed by atoms with Gasteiger partial charge in [-0.05, 0) is 47.7 Å². The third kappa shape index (κ3) is 7.71. The molecule has 0 aliphatic heterocycles. The van der Waals surface area contributed by atoms with Crippen LogP contribution >= 0.6 is 11.8 Å². The molecule has 0 fully saturated rings. The van der Waals surface area contributed by atoms with Crippen molar-refractivity contribution in [3.8, 4) is 5.88 Å². The van der Waals surface area contributed by atoms with Gasteiger partial charge in [-0.25, -0.2) is 4.98 Å². The number of rotatable bonds is 8. The van der Waals surface area contributed by atoms with Crippen molar-refractivity contribution < 1.29 is 27.4 Å². The number of aromatic nitrogens is 1. The number of pyridine rings is 1. The Kier molecular flexibility index (Phi) is 7.68. The van der Waals surface area contributed by atoms with Gasteiger partial charge in [0.2, 0.25) is 11.8 Å². The van der Waals surface area contributed by atoms with Crippen molar-refractivity contribution >= 4 is 29.4 Å². The van der Waals surface area contributed by atoms with Crippen LogP contribution in [0.4, 0.5) is 18.9 Å². The zero-order chi connectivity index (χ0) is 19.7. The number of halogens is 3. The van der Waals surface area contributed by atoms with Gasteiger partial charge in [-0.15, -0.1) is 0 Å². The Morgan fingerprint density at radius 3 is 2.63 bits per heavy atom. The van der Waals surface area contributed by atoms with Crippen LogP contribution < -0.4 is 10.1 Å². The molecule has 0 saturated heterocycles. The lowest BCUT2D eigenvalue weighted by atomic mass is 10.2. The first-order chi connectivity index (χ1) is 12.9. The van der Waals surface area contributed by atoms with Crippen molar-refractivity contribution in [3.05, 3.63) is 54.2 Å². The van der Waals surface area contributed by atoms with Crippen molar-refractivity contribution in [3.63, 3.8) is 0 Å². The van der Waals surface area contributed by atoms with E-state index in [1.807, 2.05) is 0 Å². The predicted molar refractivity (Wildman–Crippen MR) is 97.6 cm³/mol. The van der Waals surface area contributed by atoms with Crippen LogP contribution in [-0.4, -0.2) is 36.7 Å². The number of methoxy groups -OCH3 is 1. The Morgan fingerprint density at radius 2 is 1.96 bits per heavy atom. The molecule has 2 rings (SSSR count). The normalized spacial score (nSPS) is 11.6. The highest BCUT2D eigenvalue weighted by atomic mass is 32.2. The molecule has 1 amide bonds. The Labute approximate surface area is 158 Å². The van der Waals surface area contributed by atoms with E-state index in [4.69, 9.17) is 9.47 Å². The maximum absolute atomic E-state index is 12.3. The fourth-order valence-corrected chi connectivity index (χ4v) is 2.49. The van der Waals surface area contributed by atoms with Gasteiger partial charge in [0.05, 0.1) is 6.61 Å². The first-order valence-electron chi connectivity index (χ1n) is 7.79. The summed E-state index contributed by atoms with van der Waals surface area (Å²) in [6.45, 7) is 0.668. The molecule has 9 heteroatoms. The highest BCUT2D eigenvalue weighted by molar-refractivity contribution is 8.00. The molecular weight excluding hydrogens is 381 g/mol. The smallest absolute Gasteiger partial charge is 0.446 e. The number of anilines is 1. The van der Waals surface area contributed by atoms with Crippen LogP contribution in [0.1, 0.15) is 5.56 Å². The first kappa shape index (κ1) is 20.8. The minimum Gasteiger partial charge on any atom is -0.474 e. The molecule has 27 heavy (non-hydrogen) atoms. The third-order valence-electron chi connectivity index (χ3n) is 3.10. The quantitative estimate of drug-likeness (QED) is 0.407. The molecule has 0 radical (unpaired) electrons. The van der Waals surface area contributed by atoms with E-state index in [-0.39, 0.29) is 29.1 Å². The van der Waals surface area contributed by atoms with Crippen molar-refractivity contribution in [1.29, 1.82) is 0 Å². The second-order valence-corrected chi connectivity index (χ2v) is 6.28. The minimum atomic E-state index is -4.33. The van der Waals surface area contributed by atoms with Crippen LogP contribution in [0.3, 0.4) is 0 Å². The van der Waals surface area contributed by atoms with Crippen LogP contribution in [0.5, 0.6) is 5.88 Å².